The Morgan fingerprint density at radius 3 is 2.71 bits per heavy atom. The summed E-state index contributed by atoms with van der Waals surface area (Å²) in [5.74, 6) is 0.876. The first-order chi connectivity index (χ1) is 6.83. The third-order valence-corrected chi connectivity index (χ3v) is 3.99. The van der Waals surface area contributed by atoms with E-state index in [4.69, 9.17) is 0 Å². The highest BCUT2D eigenvalue weighted by Gasteiger charge is 2.37. The minimum Gasteiger partial charge on any atom is -0.305 e. The predicted octanol–water partition coefficient (Wildman–Crippen LogP) is 2.65. The van der Waals surface area contributed by atoms with Crippen LogP contribution in [0.5, 0.6) is 0 Å². The smallest absolute Gasteiger partial charge is 0.110 e. The van der Waals surface area contributed by atoms with Gasteiger partial charge in [0.2, 0.25) is 0 Å². The number of hydrogen-bond donors (Lipinski definition) is 1. The zero-order chi connectivity index (χ0) is 9.54. The molecule has 14 heavy (non-hydrogen) atoms. The largest absolute Gasteiger partial charge is 0.305 e. The van der Waals surface area contributed by atoms with Crippen LogP contribution in [0.4, 0.5) is 0 Å². The van der Waals surface area contributed by atoms with Gasteiger partial charge in [-0.05, 0) is 38.5 Å². The molecule has 2 fully saturated rings. The fourth-order valence-electron chi connectivity index (χ4n) is 1.86. The van der Waals surface area contributed by atoms with Gasteiger partial charge in [-0.2, -0.15) is 0 Å². The van der Waals surface area contributed by atoms with Crippen LogP contribution in [0.3, 0.4) is 0 Å². The zero-order valence-electron chi connectivity index (χ0n) is 8.49. The molecule has 1 unspecified atom stereocenters. The molecule has 1 aromatic heterocycles. The van der Waals surface area contributed by atoms with E-state index in [1.165, 1.54) is 35.6 Å². The van der Waals surface area contributed by atoms with Crippen LogP contribution in [0.25, 0.3) is 0 Å². The Kier molecular flexibility index (Phi) is 2.10. The van der Waals surface area contributed by atoms with Gasteiger partial charge in [0, 0.05) is 17.1 Å². The Hall–Kier alpha value is -0.410. The molecule has 0 bridgehead atoms. The number of hydrogen-bond acceptors (Lipinski definition) is 3. The maximum Gasteiger partial charge on any atom is 0.110 e. The van der Waals surface area contributed by atoms with Crippen LogP contribution >= 0.6 is 11.3 Å². The van der Waals surface area contributed by atoms with Gasteiger partial charge in [0.05, 0.1) is 6.04 Å². The molecule has 2 saturated carbocycles. The van der Waals surface area contributed by atoms with Gasteiger partial charge in [-0.3, -0.25) is 0 Å². The van der Waals surface area contributed by atoms with E-state index in [1.54, 1.807) is 0 Å². The van der Waals surface area contributed by atoms with Crippen molar-refractivity contribution >= 4 is 11.3 Å². The van der Waals surface area contributed by atoms with Crippen LogP contribution in [0.2, 0.25) is 0 Å². The molecule has 3 rings (SSSR count). The molecule has 2 nitrogen and oxygen atoms in total. The minimum absolute atomic E-state index is 0.571. The quantitative estimate of drug-likeness (QED) is 0.823. The van der Waals surface area contributed by atoms with Gasteiger partial charge < -0.3 is 5.32 Å². The van der Waals surface area contributed by atoms with Crippen molar-refractivity contribution in [3.63, 3.8) is 0 Å². The van der Waals surface area contributed by atoms with Crippen LogP contribution in [-0.2, 0) is 0 Å². The average Bonchev–Trinajstić information content (AvgIpc) is 3.04. The SMILES string of the molecule is Cc1cnc(C(NC2CC2)C2CC2)s1. The van der Waals surface area contributed by atoms with Gasteiger partial charge in [-0.25, -0.2) is 4.98 Å². The van der Waals surface area contributed by atoms with Gasteiger partial charge in [0.1, 0.15) is 5.01 Å². The summed E-state index contributed by atoms with van der Waals surface area (Å²) in [5.41, 5.74) is 0. The number of aryl methyl sites for hydroxylation is 1. The van der Waals surface area contributed by atoms with Crippen LogP contribution < -0.4 is 5.32 Å². The lowest BCUT2D eigenvalue weighted by Crippen LogP contribution is -2.24. The van der Waals surface area contributed by atoms with Gasteiger partial charge in [0.25, 0.3) is 0 Å². The Bertz CT molecular complexity index is 326. The van der Waals surface area contributed by atoms with E-state index in [-0.39, 0.29) is 0 Å². The highest BCUT2D eigenvalue weighted by Crippen LogP contribution is 2.43. The van der Waals surface area contributed by atoms with Crippen LogP contribution in [-0.4, -0.2) is 11.0 Å². The molecule has 2 aliphatic carbocycles. The molecule has 0 spiro atoms. The first kappa shape index (κ1) is 8.86. The van der Waals surface area contributed by atoms with Crippen molar-refractivity contribution in [3.8, 4) is 0 Å². The van der Waals surface area contributed by atoms with Crippen LogP contribution in [0, 0.1) is 12.8 Å². The molecule has 0 saturated heterocycles. The first-order valence-electron chi connectivity index (χ1n) is 5.51. The first-order valence-corrected chi connectivity index (χ1v) is 6.33. The Labute approximate surface area is 88.7 Å². The molecule has 3 heteroatoms. The number of rotatable bonds is 4. The molecule has 0 aromatic carbocycles. The monoisotopic (exact) mass is 208 g/mol. The third-order valence-electron chi connectivity index (χ3n) is 2.99. The number of thiazole rings is 1. The molecule has 1 aromatic rings. The van der Waals surface area contributed by atoms with E-state index in [9.17, 15) is 0 Å². The topological polar surface area (TPSA) is 24.9 Å². The molecule has 0 amide bonds. The second-order valence-electron chi connectivity index (χ2n) is 4.57. The summed E-state index contributed by atoms with van der Waals surface area (Å²) >= 11 is 1.86. The highest BCUT2D eigenvalue weighted by molar-refractivity contribution is 7.11. The van der Waals surface area contributed by atoms with Crippen molar-refractivity contribution in [1.82, 2.24) is 10.3 Å². The standard InChI is InChI=1S/C11H16N2S/c1-7-6-12-11(14-7)10(8-2-3-8)13-9-4-5-9/h6,8-10,13H,2-5H2,1H3. The number of aromatic nitrogens is 1. The summed E-state index contributed by atoms with van der Waals surface area (Å²) in [6.45, 7) is 2.14. The lowest BCUT2D eigenvalue weighted by molar-refractivity contribution is 0.476. The molecule has 0 radical (unpaired) electrons. The molecule has 1 N–H and O–H groups in total. The summed E-state index contributed by atoms with van der Waals surface area (Å²) in [6.07, 6.45) is 7.52. The van der Waals surface area contributed by atoms with E-state index in [0.29, 0.717) is 6.04 Å². The van der Waals surface area contributed by atoms with E-state index >= 15 is 0 Å². The second-order valence-corrected chi connectivity index (χ2v) is 5.83. The van der Waals surface area contributed by atoms with Gasteiger partial charge in [0.15, 0.2) is 0 Å². The van der Waals surface area contributed by atoms with Crippen molar-refractivity contribution in [1.29, 1.82) is 0 Å². The minimum atomic E-state index is 0.571. The summed E-state index contributed by atoms with van der Waals surface area (Å²) < 4.78 is 0. The fourth-order valence-corrected chi connectivity index (χ4v) is 2.79. The molecular weight excluding hydrogens is 192 g/mol. The third kappa shape index (κ3) is 1.84. The van der Waals surface area contributed by atoms with Crippen LogP contribution in [0.1, 0.15) is 41.6 Å². The molecule has 1 atom stereocenters. The Balaban J connectivity index is 1.75. The fraction of sp³-hybridized carbons (Fsp3) is 0.727. The highest BCUT2D eigenvalue weighted by atomic mass is 32.1. The van der Waals surface area contributed by atoms with E-state index in [0.717, 1.165) is 12.0 Å². The zero-order valence-corrected chi connectivity index (χ0v) is 9.31. The number of nitrogens with zero attached hydrogens (tertiary/aromatic N) is 1. The predicted molar refractivity (Wildman–Crippen MR) is 58.5 cm³/mol. The van der Waals surface area contributed by atoms with E-state index in [2.05, 4.69) is 17.2 Å². The van der Waals surface area contributed by atoms with Crippen LogP contribution in [0.15, 0.2) is 6.20 Å². The van der Waals surface area contributed by atoms with Crippen molar-refractivity contribution < 1.29 is 0 Å². The molecule has 1 heterocycles. The van der Waals surface area contributed by atoms with Gasteiger partial charge in [-0.15, -0.1) is 11.3 Å². The van der Waals surface area contributed by atoms with Crippen molar-refractivity contribution in [2.24, 2.45) is 5.92 Å². The van der Waals surface area contributed by atoms with E-state index in [1.807, 2.05) is 17.5 Å². The summed E-state index contributed by atoms with van der Waals surface area (Å²) in [4.78, 5) is 5.85. The lowest BCUT2D eigenvalue weighted by Gasteiger charge is -2.14. The maximum atomic E-state index is 4.51. The molecule has 76 valence electrons. The van der Waals surface area contributed by atoms with Gasteiger partial charge >= 0.3 is 0 Å². The second kappa shape index (κ2) is 3.31. The van der Waals surface area contributed by atoms with Crippen molar-refractivity contribution in [2.75, 3.05) is 0 Å². The normalized spacial score (nSPS) is 23.8. The van der Waals surface area contributed by atoms with Crippen molar-refractivity contribution in [2.45, 2.75) is 44.7 Å². The maximum absolute atomic E-state index is 4.51. The lowest BCUT2D eigenvalue weighted by atomic mass is 10.2. The summed E-state index contributed by atoms with van der Waals surface area (Å²) in [5, 5.41) is 5.05. The van der Waals surface area contributed by atoms with Crippen molar-refractivity contribution in [3.05, 3.63) is 16.1 Å². The summed E-state index contributed by atoms with van der Waals surface area (Å²) in [7, 11) is 0. The summed E-state index contributed by atoms with van der Waals surface area (Å²) in [6, 6.07) is 1.37. The van der Waals surface area contributed by atoms with E-state index < -0.39 is 0 Å². The average molecular weight is 208 g/mol. The number of nitrogens with one attached hydrogen (secondary N) is 1. The Morgan fingerprint density at radius 2 is 2.21 bits per heavy atom. The Morgan fingerprint density at radius 1 is 1.43 bits per heavy atom. The van der Waals surface area contributed by atoms with Gasteiger partial charge in [-0.1, -0.05) is 0 Å². The molecule has 2 aliphatic rings. The molecule has 0 aliphatic heterocycles. The molecular formula is C11H16N2S.